The van der Waals surface area contributed by atoms with Crippen LogP contribution >= 0.6 is 0 Å². The van der Waals surface area contributed by atoms with Gasteiger partial charge < -0.3 is 5.11 Å². The average molecular weight is 281 g/mol. The number of carboxylic acid groups (broad SMARTS) is 1. The van der Waals surface area contributed by atoms with Gasteiger partial charge in [-0.05, 0) is 42.8 Å². The molecule has 0 spiro atoms. The van der Waals surface area contributed by atoms with Crippen molar-refractivity contribution in [2.24, 2.45) is 0 Å². The molecule has 0 aliphatic rings. The second-order valence-corrected chi connectivity index (χ2v) is 4.83. The van der Waals surface area contributed by atoms with Gasteiger partial charge in [0, 0.05) is 16.6 Å². The van der Waals surface area contributed by atoms with Gasteiger partial charge in [0.1, 0.15) is 5.82 Å². The molecule has 4 heteroatoms. The van der Waals surface area contributed by atoms with Crippen LogP contribution in [0.3, 0.4) is 0 Å². The van der Waals surface area contributed by atoms with Crippen LogP contribution in [0, 0.1) is 12.7 Å². The van der Waals surface area contributed by atoms with Crippen molar-refractivity contribution < 1.29 is 14.3 Å². The van der Waals surface area contributed by atoms with Crippen LogP contribution in [0.4, 0.5) is 4.39 Å². The molecule has 3 aromatic rings. The van der Waals surface area contributed by atoms with E-state index in [0.29, 0.717) is 22.0 Å². The fraction of sp³-hybridized carbons (Fsp3) is 0.0588. The van der Waals surface area contributed by atoms with Crippen molar-refractivity contribution in [2.75, 3.05) is 0 Å². The van der Waals surface area contributed by atoms with Crippen LogP contribution in [-0.2, 0) is 0 Å². The third-order valence-electron chi connectivity index (χ3n) is 3.35. The molecule has 3 nitrogen and oxygen atoms in total. The SMILES string of the molecule is Cc1cc(-c2ccccc2F)c2cc(C(=O)O)ccc2n1. The van der Waals surface area contributed by atoms with Crippen LogP contribution in [0.2, 0.25) is 0 Å². The van der Waals surface area contributed by atoms with Crippen molar-refractivity contribution >= 4 is 16.9 Å². The number of carboxylic acids is 1. The molecule has 0 unspecified atom stereocenters. The largest absolute Gasteiger partial charge is 0.478 e. The molecule has 0 radical (unpaired) electrons. The Morgan fingerprint density at radius 3 is 2.57 bits per heavy atom. The molecule has 1 heterocycles. The Morgan fingerprint density at radius 2 is 1.86 bits per heavy atom. The number of hydrogen-bond donors (Lipinski definition) is 1. The van der Waals surface area contributed by atoms with Crippen LogP contribution < -0.4 is 0 Å². The van der Waals surface area contributed by atoms with Gasteiger partial charge in [-0.3, -0.25) is 4.98 Å². The van der Waals surface area contributed by atoms with Gasteiger partial charge in [-0.25, -0.2) is 9.18 Å². The molecule has 21 heavy (non-hydrogen) atoms. The molecule has 0 aliphatic carbocycles. The van der Waals surface area contributed by atoms with Crippen molar-refractivity contribution in [3.63, 3.8) is 0 Å². The maximum Gasteiger partial charge on any atom is 0.335 e. The van der Waals surface area contributed by atoms with Crippen molar-refractivity contribution in [1.29, 1.82) is 0 Å². The topological polar surface area (TPSA) is 50.2 Å². The summed E-state index contributed by atoms with van der Waals surface area (Å²) in [7, 11) is 0. The van der Waals surface area contributed by atoms with Gasteiger partial charge in [0.05, 0.1) is 11.1 Å². The molecule has 0 fully saturated rings. The number of rotatable bonds is 2. The summed E-state index contributed by atoms with van der Waals surface area (Å²) in [6.45, 7) is 1.83. The lowest BCUT2D eigenvalue weighted by Crippen LogP contribution is -1.97. The number of benzene rings is 2. The Labute approximate surface area is 120 Å². The lowest BCUT2D eigenvalue weighted by Gasteiger charge is -2.10. The van der Waals surface area contributed by atoms with Gasteiger partial charge in [0.15, 0.2) is 0 Å². The van der Waals surface area contributed by atoms with Crippen LogP contribution in [-0.4, -0.2) is 16.1 Å². The number of carbonyl (C=O) groups is 1. The molecule has 0 aliphatic heterocycles. The summed E-state index contributed by atoms with van der Waals surface area (Å²) in [6.07, 6.45) is 0. The molecule has 1 N–H and O–H groups in total. The summed E-state index contributed by atoms with van der Waals surface area (Å²) in [5.74, 6) is -1.36. The van der Waals surface area contributed by atoms with Crippen molar-refractivity contribution in [3.05, 3.63) is 65.6 Å². The van der Waals surface area contributed by atoms with Crippen molar-refractivity contribution in [3.8, 4) is 11.1 Å². The van der Waals surface area contributed by atoms with Crippen LogP contribution in [0.25, 0.3) is 22.0 Å². The van der Waals surface area contributed by atoms with Crippen LogP contribution in [0.5, 0.6) is 0 Å². The van der Waals surface area contributed by atoms with Gasteiger partial charge in [-0.15, -0.1) is 0 Å². The predicted molar refractivity (Wildman–Crippen MR) is 78.8 cm³/mol. The monoisotopic (exact) mass is 281 g/mol. The second-order valence-electron chi connectivity index (χ2n) is 4.83. The minimum absolute atomic E-state index is 0.158. The predicted octanol–water partition coefficient (Wildman–Crippen LogP) is 4.05. The summed E-state index contributed by atoms with van der Waals surface area (Å²) < 4.78 is 14.1. The summed E-state index contributed by atoms with van der Waals surface area (Å²) in [5, 5.41) is 9.75. The Hall–Kier alpha value is -2.75. The highest BCUT2D eigenvalue weighted by Gasteiger charge is 2.12. The van der Waals surface area contributed by atoms with E-state index in [1.54, 1.807) is 30.3 Å². The normalized spacial score (nSPS) is 10.8. The minimum Gasteiger partial charge on any atom is -0.478 e. The standard InChI is InChI=1S/C17H12FNO2/c1-10-8-13(12-4-2-3-5-15(12)18)14-9-11(17(20)21)6-7-16(14)19-10/h2-9H,1H3,(H,20,21). The van der Waals surface area contributed by atoms with Gasteiger partial charge in [0.2, 0.25) is 0 Å². The van der Waals surface area contributed by atoms with Crippen LogP contribution in [0.1, 0.15) is 16.1 Å². The number of hydrogen-bond acceptors (Lipinski definition) is 2. The molecule has 0 saturated carbocycles. The summed E-state index contributed by atoms with van der Waals surface area (Å²) in [6, 6.07) is 12.9. The maximum absolute atomic E-state index is 14.1. The first kappa shape index (κ1) is 13.2. The first-order chi connectivity index (χ1) is 10.1. The molecule has 0 amide bonds. The maximum atomic E-state index is 14.1. The minimum atomic E-state index is -1.02. The van der Waals surface area contributed by atoms with Gasteiger partial charge >= 0.3 is 5.97 Å². The zero-order valence-corrected chi connectivity index (χ0v) is 11.3. The third-order valence-corrected chi connectivity index (χ3v) is 3.35. The molecule has 1 aromatic heterocycles. The van der Waals surface area contributed by atoms with E-state index >= 15 is 0 Å². The zero-order valence-electron chi connectivity index (χ0n) is 11.3. The fourth-order valence-corrected chi connectivity index (χ4v) is 2.39. The molecule has 3 rings (SSSR count). The highest BCUT2D eigenvalue weighted by atomic mass is 19.1. The van der Waals surface area contributed by atoms with E-state index in [2.05, 4.69) is 4.98 Å². The van der Waals surface area contributed by atoms with E-state index in [1.807, 2.05) is 6.92 Å². The first-order valence-corrected chi connectivity index (χ1v) is 6.46. The number of nitrogens with zero attached hydrogens (tertiary/aromatic N) is 1. The van der Waals surface area contributed by atoms with Gasteiger partial charge in [0.25, 0.3) is 0 Å². The number of halogens is 1. The highest BCUT2D eigenvalue weighted by Crippen LogP contribution is 2.31. The molecule has 0 atom stereocenters. The van der Waals surface area contributed by atoms with E-state index in [4.69, 9.17) is 5.11 Å². The van der Waals surface area contributed by atoms with E-state index in [9.17, 15) is 9.18 Å². The Kier molecular flexibility index (Phi) is 3.14. The van der Waals surface area contributed by atoms with Gasteiger partial charge in [-0.1, -0.05) is 18.2 Å². The number of aryl methyl sites for hydroxylation is 1. The van der Waals surface area contributed by atoms with E-state index in [1.165, 1.54) is 18.2 Å². The fourth-order valence-electron chi connectivity index (χ4n) is 2.39. The number of aromatic nitrogens is 1. The Morgan fingerprint density at radius 1 is 1.10 bits per heavy atom. The Bertz CT molecular complexity index is 859. The highest BCUT2D eigenvalue weighted by molar-refractivity contribution is 6.00. The van der Waals surface area contributed by atoms with E-state index in [0.717, 1.165) is 5.69 Å². The van der Waals surface area contributed by atoms with Crippen molar-refractivity contribution in [1.82, 2.24) is 4.98 Å². The summed E-state index contributed by atoms with van der Waals surface area (Å²) >= 11 is 0. The number of aromatic carboxylic acids is 1. The number of pyridine rings is 1. The number of fused-ring (bicyclic) bond motifs is 1. The summed E-state index contributed by atoms with van der Waals surface area (Å²) in [4.78, 5) is 15.5. The zero-order chi connectivity index (χ0) is 15.0. The molecular weight excluding hydrogens is 269 g/mol. The quantitative estimate of drug-likeness (QED) is 0.771. The van der Waals surface area contributed by atoms with E-state index < -0.39 is 5.97 Å². The molecule has 0 saturated heterocycles. The first-order valence-electron chi connectivity index (χ1n) is 6.46. The Balaban J connectivity index is 2.37. The van der Waals surface area contributed by atoms with E-state index in [-0.39, 0.29) is 11.4 Å². The summed E-state index contributed by atoms with van der Waals surface area (Å²) in [5.41, 5.74) is 2.65. The average Bonchev–Trinajstić information content (AvgIpc) is 2.46. The third kappa shape index (κ3) is 2.36. The molecular formula is C17H12FNO2. The van der Waals surface area contributed by atoms with Crippen LogP contribution in [0.15, 0.2) is 48.5 Å². The second kappa shape index (κ2) is 4.98. The smallest absolute Gasteiger partial charge is 0.335 e. The van der Waals surface area contributed by atoms with Crippen molar-refractivity contribution in [2.45, 2.75) is 6.92 Å². The molecule has 104 valence electrons. The molecule has 2 aromatic carbocycles. The van der Waals surface area contributed by atoms with Gasteiger partial charge in [-0.2, -0.15) is 0 Å². The molecule has 0 bridgehead atoms. The lowest BCUT2D eigenvalue weighted by molar-refractivity contribution is 0.0697. The lowest BCUT2D eigenvalue weighted by atomic mass is 9.98.